The predicted molar refractivity (Wildman–Crippen MR) is 67.1 cm³/mol. The highest BCUT2D eigenvalue weighted by molar-refractivity contribution is 4.74. The molecule has 1 saturated heterocycles. The maximum Gasteiger partial charge on any atom is 0.00104 e. The number of hydrogen-bond acceptors (Lipinski definition) is 2. The molecule has 1 aliphatic rings. The van der Waals surface area contributed by atoms with Gasteiger partial charge in [0, 0.05) is 12.6 Å². The van der Waals surface area contributed by atoms with E-state index in [4.69, 9.17) is 0 Å². The molecule has 0 aromatic heterocycles. The highest BCUT2D eigenvalue weighted by Crippen LogP contribution is 2.17. The number of nitrogens with one attached hydrogen (secondary N) is 1. The van der Waals surface area contributed by atoms with Crippen LogP contribution in [0.1, 0.15) is 40.5 Å². The largest absolute Gasteiger partial charge is 0.314 e. The lowest BCUT2D eigenvalue weighted by Gasteiger charge is -2.33. The molecule has 1 rings (SSSR count). The Kier molecular flexibility index (Phi) is 5.62. The minimum Gasteiger partial charge on any atom is -0.314 e. The molecule has 0 saturated carbocycles. The predicted octanol–water partition coefficient (Wildman–Crippen LogP) is 2.35. The van der Waals surface area contributed by atoms with Crippen molar-refractivity contribution in [1.82, 2.24) is 10.2 Å². The lowest BCUT2D eigenvalue weighted by molar-refractivity contribution is 0.165. The van der Waals surface area contributed by atoms with Crippen LogP contribution in [0.3, 0.4) is 0 Å². The first kappa shape index (κ1) is 13.0. The molecular weight excluding hydrogens is 184 g/mol. The number of nitrogens with zero attached hydrogens (tertiary/aromatic N) is 1. The molecule has 0 bridgehead atoms. The van der Waals surface area contributed by atoms with E-state index in [-0.39, 0.29) is 0 Å². The zero-order chi connectivity index (χ0) is 11.3. The zero-order valence-corrected chi connectivity index (χ0v) is 10.9. The summed E-state index contributed by atoms with van der Waals surface area (Å²) in [6.07, 6.45) is 2.76. The second-order valence-corrected chi connectivity index (χ2v) is 5.70. The molecule has 1 heterocycles. The molecule has 0 spiro atoms. The van der Waals surface area contributed by atoms with Gasteiger partial charge in [-0.1, -0.05) is 27.7 Å². The third-order valence-electron chi connectivity index (χ3n) is 3.15. The van der Waals surface area contributed by atoms with E-state index in [0.717, 1.165) is 11.8 Å². The molecule has 0 aromatic rings. The van der Waals surface area contributed by atoms with E-state index in [2.05, 4.69) is 37.9 Å². The SMILES string of the molecule is CC(C)CN1CCC(CNC(C)C)CC1. The molecule has 1 aliphatic heterocycles. The van der Waals surface area contributed by atoms with Crippen molar-refractivity contribution in [2.24, 2.45) is 11.8 Å². The van der Waals surface area contributed by atoms with Crippen LogP contribution in [0.15, 0.2) is 0 Å². The van der Waals surface area contributed by atoms with E-state index < -0.39 is 0 Å². The number of piperidine rings is 1. The highest BCUT2D eigenvalue weighted by Gasteiger charge is 2.19. The van der Waals surface area contributed by atoms with Gasteiger partial charge in [-0.2, -0.15) is 0 Å². The van der Waals surface area contributed by atoms with E-state index in [0.29, 0.717) is 6.04 Å². The average molecular weight is 212 g/mol. The van der Waals surface area contributed by atoms with Crippen LogP contribution in [-0.4, -0.2) is 37.1 Å². The Hall–Kier alpha value is -0.0800. The Morgan fingerprint density at radius 3 is 2.20 bits per heavy atom. The summed E-state index contributed by atoms with van der Waals surface area (Å²) in [4.78, 5) is 2.62. The first-order valence-electron chi connectivity index (χ1n) is 6.53. The van der Waals surface area contributed by atoms with Gasteiger partial charge >= 0.3 is 0 Å². The molecule has 0 radical (unpaired) electrons. The third-order valence-corrected chi connectivity index (χ3v) is 3.15. The van der Waals surface area contributed by atoms with Gasteiger partial charge in [-0.15, -0.1) is 0 Å². The van der Waals surface area contributed by atoms with E-state index in [9.17, 15) is 0 Å². The van der Waals surface area contributed by atoms with E-state index >= 15 is 0 Å². The summed E-state index contributed by atoms with van der Waals surface area (Å²) in [5, 5.41) is 3.55. The number of hydrogen-bond donors (Lipinski definition) is 1. The second kappa shape index (κ2) is 6.49. The zero-order valence-electron chi connectivity index (χ0n) is 10.9. The topological polar surface area (TPSA) is 15.3 Å². The Morgan fingerprint density at radius 1 is 1.13 bits per heavy atom. The maximum absolute atomic E-state index is 3.55. The third kappa shape index (κ3) is 5.53. The lowest BCUT2D eigenvalue weighted by Crippen LogP contribution is -2.40. The van der Waals surface area contributed by atoms with Gasteiger partial charge in [0.05, 0.1) is 0 Å². The molecule has 0 atom stereocenters. The molecule has 0 amide bonds. The van der Waals surface area contributed by atoms with Crippen molar-refractivity contribution < 1.29 is 0 Å². The molecule has 0 aromatic carbocycles. The Bertz CT molecular complexity index is 158. The fourth-order valence-corrected chi connectivity index (χ4v) is 2.29. The summed E-state index contributed by atoms with van der Waals surface area (Å²) >= 11 is 0. The van der Waals surface area contributed by atoms with E-state index in [1.54, 1.807) is 0 Å². The number of likely N-dealkylation sites (tertiary alicyclic amines) is 1. The highest BCUT2D eigenvalue weighted by atomic mass is 15.1. The van der Waals surface area contributed by atoms with Gasteiger partial charge in [0.25, 0.3) is 0 Å². The Morgan fingerprint density at radius 2 is 1.73 bits per heavy atom. The van der Waals surface area contributed by atoms with Gasteiger partial charge in [0.2, 0.25) is 0 Å². The first-order chi connectivity index (χ1) is 7.08. The summed E-state index contributed by atoms with van der Waals surface area (Å²) in [6, 6.07) is 0.638. The molecule has 2 heteroatoms. The van der Waals surface area contributed by atoms with Crippen molar-refractivity contribution in [2.75, 3.05) is 26.2 Å². The monoisotopic (exact) mass is 212 g/mol. The van der Waals surface area contributed by atoms with E-state index in [1.807, 2.05) is 0 Å². The Labute approximate surface area is 95.4 Å². The van der Waals surface area contributed by atoms with Crippen molar-refractivity contribution in [3.63, 3.8) is 0 Å². The smallest absolute Gasteiger partial charge is 0.00104 e. The van der Waals surface area contributed by atoms with Crippen LogP contribution in [0, 0.1) is 11.8 Å². The fraction of sp³-hybridized carbons (Fsp3) is 1.00. The quantitative estimate of drug-likeness (QED) is 0.752. The van der Waals surface area contributed by atoms with Crippen molar-refractivity contribution in [3.8, 4) is 0 Å². The normalized spacial score (nSPS) is 20.4. The molecule has 15 heavy (non-hydrogen) atoms. The maximum atomic E-state index is 3.55. The van der Waals surface area contributed by atoms with Crippen molar-refractivity contribution in [1.29, 1.82) is 0 Å². The second-order valence-electron chi connectivity index (χ2n) is 5.70. The van der Waals surface area contributed by atoms with Crippen molar-refractivity contribution in [3.05, 3.63) is 0 Å². The van der Waals surface area contributed by atoms with Gasteiger partial charge in [-0.05, 0) is 44.3 Å². The Balaban J connectivity index is 2.12. The van der Waals surface area contributed by atoms with Crippen LogP contribution in [-0.2, 0) is 0 Å². The summed E-state index contributed by atoms with van der Waals surface area (Å²) < 4.78 is 0. The fourth-order valence-electron chi connectivity index (χ4n) is 2.29. The minimum absolute atomic E-state index is 0.638. The molecule has 0 unspecified atom stereocenters. The van der Waals surface area contributed by atoms with Crippen LogP contribution in [0.25, 0.3) is 0 Å². The van der Waals surface area contributed by atoms with Gasteiger partial charge in [0.15, 0.2) is 0 Å². The van der Waals surface area contributed by atoms with Crippen LogP contribution < -0.4 is 5.32 Å². The molecule has 90 valence electrons. The molecule has 2 nitrogen and oxygen atoms in total. The molecule has 1 fully saturated rings. The van der Waals surface area contributed by atoms with Gasteiger partial charge in [-0.25, -0.2) is 0 Å². The average Bonchev–Trinajstić information content (AvgIpc) is 2.16. The molecule has 0 aliphatic carbocycles. The van der Waals surface area contributed by atoms with Crippen molar-refractivity contribution in [2.45, 2.75) is 46.6 Å². The molecule has 1 N–H and O–H groups in total. The van der Waals surface area contributed by atoms with Crippen LogP contribution >= 0.6 is 0 Å². The van der Waals surface area contributed by atoms with E-state index in [1.165, 1.54) is 39.0 Å². The summed E-state index contributed by atoms with van der Waals surface area (Å²) in [7, 11) is 0. The van der Waals surface area contributed by atoms with Crippen LogP contribution in [0.5, 0.6) is 0 Å². The van der Waals surface area contributed by atoms with Crippen LogP contribution in [0.4, 0.5) is 0 Å². The van der Waals surface area contributed by atoms with Gasteiger partial charge < -0.3 is 10.2 Å². The minimum atomic E-state index is 0.638. The lowest BCUT2D eigenvalue weighted by atomic mass is 9.96. The van der Waals surface area contributed by atoms with Crippen molar-refractivity contribution >= 4 is 0 Å². The summed E-state index contributed by atoms with van der Waals surface area (Å²) in [5.74, 6) is 1.73. The van der Waals surface area contributed by atoms with Crippen LogP contribution in [0.2, 0.25) is 0 Å². The first-order valence-corrected chi connectivity index (χ1v) is 6.53. The summed E-state index contributed by atoms with van der Waals surface area (Å²) in [6.45, 7) is 14.2. The summed E-state index contributed by atoms with van der Waals surface area (Å²) in [5.41, 5.74) is 0. The van der Waals surface area contributed by atoms with Gasteiger partial charge in [0.1, 0.15) is 0 Å². The number of rotatable bonds is 5. The molecular formula is C13H28N2. The van der Waals surface area contributed by atoms with Gasteiger partial charge in [-0.3, -0.25) is 0 Å². The standard InChI is InChI=1S/C13H28N2/c1-11(2)10-15-7-5-13(6-8-15)9-14-12(3)4/h11-14H,5-10H2,1-4H3.